The third-order valence-electron chi connectivity index (χ3n) is 4.90. The number of benzene rings is 1. The molecule has 1 aliphatic rings. The van der Waals surface area contributed by atoms with Gasteiger partial charge in [0.05, 0.1) is 16.6 Å². The first-order valence-electron chi connectivity index (χ1n) is 8.95. The molecule has 2 aromatic heterocycles. The molecule has 0 fully saturated rings. The molecule has 0 aliphatic carbocycles. The highest BCUT2D eigenvalue weighted by molar-refractivity contribution is 14.1. The maximum Gasteiger partial charge on any atom is 0.246 e. The van der Waals surface area contributed by atoms with Crippen molar-refractivity contribution in [1.29, 1.82) is 0 Å². The zero-order valence-electron chi connectivity index (χ0n) is 15.0. The van der Waals surface area contributed by atoms with Crippen LogP contribution in [0.1, 0.15) is 33.2 Å². The monoisotopic (exact) mass is 520 g/mol. The highest BCUT2D eigenvalue weighted by atomic mass is 127. The van der Waals surface area contributed by atoms with Crippen LogP contribution in [0, 0.1) is 0 Å². The molecule has 28 heavy (non-hydrogen) atoms. The number of aromatic nitrogens is 1. The lowest BCUT2D eigenvalue weighted by molar-refractivity contribution is -0.127. The lowest BCUT2D eigenvalue weighted by atomic mass is 9.86. The van der Waals surface area contributed by atoms with E-state index in [2.05, 4.69) is 57.9 Å². The van der Waals surface area contributed by atoms with Gasteiger partial charge in [0, 0.05) is 34.0 Å². The summed E-state index contributed by atoms with van der Waals surface area (Å²) in [7, 11) is 0. The fourth-order valence-electron chi connectivity index (χ4n) is 3.55. The van der Waals surface area contributed by atoms with Gasteiger partial charge in [-0.05, 0) is 41.0 Å². The van der Waals surface area contributed by atoms with E-state index in [0.29, 0.717) is 13.1 Å². The highest BCUT2D eigenvalue weighted by Crippen LogP contribution is 2.41. The molecule has 1 aromatic carbocycles. The number of halogens is 2. The Kier molecular flexibility index (Phi) is 6.13. The van der Waals surface area contributed by atoms with E-state index >= 15 is 0 Å². The number of carbonyl (C=O) groups excluding carboxylic acids is 1. The van der Waals surface area contributed by atoms with Gasteiger partial charge in [-0.15, -0.1) is 11.3 Å². The molecule has 4 rings (SSSR count). The standard InChI is InChI=1S/C22H18ClIN2OS/c23-21-11-18-19(17-7-2-1-5-15(17)12-24)13-26(14-20(18)28-21)22(27)9-8-16-6-3-4-10-25-16/h1-11,19H,12-14H2/b9-8+/t19-/m0/s1. The molecule has 1 amide bonds. The van der Waals surface area contributed by atoms with Crippen molar-refractivity contribution in [3.05, 3.63) is 92.4 Å². The van der Waals surface area contributed by atoms with Gasteiger partial charge in [-0.2, -0.15) is 0 Å². The number of nitrogens with zero attached hydrogens (tertiary/aromatic N) is 2. The van der Waals surface area contributed by atoms with Crippen molar-refractivity contribution in [2.24, 2.45) is 0 Å². The van der Waals surface area contributed by atoms with E-state index in [1.54, 1.807) is 29.7 Å². The van der Waals surface area contributed by atoms with Crippen molar-refractivity contribution in [2.45, 2.75) is 16.9 Å². The van der Waals surface area contributed by atoms with Gasteiger partial charge in [0.2, 0.25) is 5.91 Å². The maximum atomic E-state index is 12.9. The number of alkyl halides is 1. The number of amides is 1. The summed E-state index contributed by atoms with van der Waals surface area (Å²) in [5.74, 6) is 0.142. The van der Waals surface area contributed by atoms with Crippen molar-refractivity contribution in [3.63, 3.8) is 0 Å². The molecule has 0 spiro atoms. The zero-order valence-corrected chi connectivity index (χ0v) is 18.7. The Bertz CT molecular complexity index is 1020. The zero-order chi connectivity index (χ0) is 19.5. The van der Waals surface area contributed by atoms with E-state index in [4.69, 9.17) is 11.6 Å². The SMILES string of the molecule is O=C(/C=C/c1ccccn1)N1Cc2sc(Cl)cc2[C@H](c2ccccc2CI)C1. The molecule has 1 atom stereocenters. The summed E-state index contributed by atoms with van der Waals surface area (Å²) in [5, 5.41) is 0. The molecule has 0 saturated heterocycles. The Labute approximate surface area is 187 Å². The second-order valence-corrected chi connectivity index (χ2v) is 9.15. The van der Waals surface area contributed by atoms with Crippen LogP contribution in [0.4, 0.5) is 0 Å². The Morgan fingerprint density at radius 1 is 1.25 bits per heavy atom. The van der Waals surface area contributed by atoms with Crippen LogP contribution in [0.3, 0.4) is 0 Å². The summed E-state index contributed by atoms with van der Waals surface area (Å²) < 4.78 is 1.71. The Balaban J connectivity index is 1.65. The van der Waals surface area contributed by atoms with Gasteiger partial charge >= 0.3 is 0 Å². The second-order valence-electron chi connectivity index (χ2n) is 6.62. The van der Waals surface area contributed by atoms with Crippen LogP contribution in [-0.2, 0) is 15.8 Å². The van der Waals surface area contributed by atoms with Crippen molar-refractivity contribution in [1.82, 2.24) is 9.88 Å². The van der Waals surface area contributed by atoms with E-state index in [9.17, 15) is 4.79 Å². The average molecular weight is 521 g/mol. The summed E-state index contributed by atoms with van der Waals surface area (Å²) in [4.78, 5) is 20.2. The lowest BCUT2D eigenvalue weighted by Gasteiger charge is -2.33. The summed E-state index contributed by atoms with van der Waals surface area (Å²) in [6.07, 6.45) is 5.11. The van der Waals surface area contributed by atoms with Gasteiger partial charge in [0.25, 0.3) is 0 Å². The van der Waals surface area contributed by atoms with Crippen LogP contribution in [0.2, 0.25) is 4.34 Å². The van der Waals surface area contributed by atoms with E-state index in [0.717, 1.165) is 14.5 Å². The number of thiophene rings is 1. The first-order chi connectivity index (χ1) is 13.7. The van der Waals surface area contributed by atoms with Crippen molar-refractivity contribution in [2.75, 3.05) is 6.54 Å². The molecular weight excluding hydrogens is 503 g/mol. The molecule has 3 nitrogen and oxygen atoms in total. The van der Waals surface area contributed by atoms with Crippen LogP contribution >= 0.6 is 45.5 Å². The Hall–Kier alpha value is -1.70. The van der Waals surface area contributed by atoms with Crippen LogP contribution < -0.4 is 0 Å². The molecule has 0 N–H and O–H groups in total. The third-order valence-corrected chi connectivity index (χ3v) is 6.98. The molecule has 0 radical (unpaired) electrons. The van der Waals surface area contributed by atoms with Crippen molar-refractivity contribution >= 4 is 57.5 Å². The lowest BCUT2D eigenvalue weighted by Crippen LogP contribution is -2.37. The summed E-state index contributed by atoms with van der Waals surface area (Å²) in [5.41, 5.74) is 4.61. The number of hydrogen-bond donors (Lipinski definition) is 0. The highest BCUT2D eigenvalue weighted by Gasteiger charge is 2.31. The molecule has 6 heteroatoms. The minimum atomic E-state index is -0.00206. The predicted octanol–water partition coefficient (Wildman–Crippen LogP) is 5.92. The smallest absolute Gasteiger partial charge is 0.246 e. The fraction of sp³-hybridized carbons (Fsp3) is 0.182. The van der Waals surface area contributed by atoms with Gasteiger partial charge in [-0.25, -0.2) is 0 Å². The minimum absolute atomic E-state index is 0.00206. The molecule has 0 saturated carbocycles. The molecule has 3 aromatic rings. The maximum absolute atomic E-state index is 12.9. The topological polar surface area (TPSA) is 33.2 Å². The van der Waals surface area contributed by atoms with E-state index < -0.39 is 0 Å². The Morgan fingerprint density at radius 3 is 2.86 bits per heavy atom. The molecule has 0 bridgehead atoms. The van der Waals surface area contributed by atoms with Crippen LogP contribution in [0.5, 0.6) is 0 Å². The second kappa shape index (κ2) is 8.76. The number of carbonyl (C=O) groups is 1. The predicted molar refractivity (Wildman–Crippen MR) is 124 cm³/mol. The normalized spacial score (nSPS) is 16.4. The van der Waals surface area contributed by atoms with Gasteiger partial charge in [0.15, 0.2) is 0 Å². The first-order valence-corrected chi connectivity index (χ1v) is 11.7. The summed E-state index contributed by atoms with van der Waals surface area (Å²) >= 11 is 10.3. The number of fused-ring (bicyclic) bond motifs is 1. The van der Waals surface area contributed by atoms with E-state index in [1.807, 2.05) is 23.1 Å². The molecule has 142 valence electrons. The molecule has 0 unspecified atom stereocenters. The van der Waals surface area contributed by atoms with Gasteiger partial charge in [-0.3, -0.25) is 9.78 Å². The number of rotatable bonds is 4. The van der Waals surface area contributed by atoms with E-state index in [1.165, 1.54) is 21.6 Å². The molecular formula is C22H18ClIN2OS. The van der Waals surface area contributed by atoms with Gasteiger partial charge < -0.3 is 4.90 Å². The van der Waals surface area contributed by atoms with E-state index in [-0.39, 0.29) is 11.8 Å². The minimum Gasteiger partial charge on any atom is -0.333 e. The third kappa shape index (κ3) is 4.16. The van der Waals surface area contributed by atoms with Gasteiger partial charge in [-0.1, -0.05) is 64.5 Å². The summed E-state index contributed by atoms with van der Waals surface area (Å²) in [6.45, 7) is 1.25. The van der Waals surface area contributed by atoms with Crippen LogP contribution in [0.15, 0.2) is 60.8 Å². The molecule has 1 aliphatic heterocycles. The number of pyridine rings is 1. The number of hydrogen-bond acceptors (Lipinski definition) is 3. The first kappa shape index (κ1) is 19.6. The van der Waals surface area contributed by atoms with Crippen molar-refractivity contribution in [3.8, 4) is 0 Å². The summed E-state index contributed by atoms with van der Waals surface area (Å²) in [6, 6.07) is 16.2. The average Bonchev–Trinajstić information content (AvgIpc) is 3.12. The van der Waals surface area contributed by atoms with Crippen LogP contribution in [0.25, 0.3) is 6.08 Å². The van der Waals surface area contributed by atoms with Crippen LogP contribution in [-0.4, -0.2) is 22.3 Å². The van der Waals surface area contributed by atoms with Gasteiger partial charge in [0.1, 0.15) is 0 Å². The fourth-order valence-corrected chi connectivity index (χ4v) is 5.60. The largest absolute Gasteiger partial charge is 0.333 e. The molecule has 3 heterocycles. The quantitative estimate of drug-likeness (QED) is 0.243. The Morgan fingerprint density at radius 2 is 2.07 bits per heavy atom. The van der Waals surface area contributed by atoms with Crippen molar-refractivity contribution < 1.29 is 4.79 Å².